The van der Waals surface area contributed by atoms with Crippen LogP contribution in [0.1, 0.15) is 62.3 Å². The lowest BCUT2D eigenvalue weighted by molar-refractivity contribution is -0.136. The fraction of sp³-hybridized carbons (Fsp3) is 0.444. The minimum absolute atomic E-state index is 0.0999. The fourth-order valence-corrected chi connectivity index (χ4v) is 4.21. The van der Waals surface area contributed by atoms with Crippen molar-refractivity contribution in [1.29, 1.82) is 0 Å². The normalized spacial score (nSPS) is 13.0. The molecule has 1 heterocycles. The average molecular weight is 449 g/mol. The minimum atomic E-state index is -0.0999. The summed E-state index contributed by atoms with van der Waals surface area (Å²) < 4.78 is 2.01. The Hall–Kier alpha value is -3.15. The van der Waals surface area contributed by atoms with Gasteiger partial charge in [-0.05, 0) is 57.9 Å². The standard InChI is InChI=1S/C27H36N4O2/c1-6-20(4)31(21(5)7-2)26(32)18-30-24-14-9-8-13-23(24)29-25(30)15-16-28-27(33)22-12-10-11-19(3)17-22/h8-14,17,20-21H,6-7,15-16,18H2,1-5H3,(H,28,33). The van der Waals surface area contributed by atoms with E-state index in [-0.39, 0.29) is 30.4 Å². The zero-order chi connectivity index (χ0) is 24.0. The summed E-state index contributed by atoms with van der Waals surface area (Å²) in [5.74, 6) is 0.811. The Bertz CT molecular complexity index is 1090. The van der Waals surface area contributed by atoms with Crippen LogP contribution in [0.5, 0.6) is 0 Å². The minimum Gasteiger partial charge on any atom is -0.352 e. The van der Waals surface area contributed by atoms with Crippen LogP contribution in [0, 0.1) is 6.92 Å². The molecule has 3 rings (SSSR count). The Labute approximate surface area is 197 Å². The maximum atomic E-state index is 13.4. The van der Waals surface area contributed by atoms with Gasteiger partial charge in [0.05, 0.1) is 11.0 Å². The predicted octanol–water partition coefficient (Wildman–Crippen LogP) is 4.74. The highest BCUT2D eigenvalue weighted by atomic mass is 16.2. The van der Waals surface area contributed by atoms with Crippen LogP contribution < -0.4 is 5.32 Å². The second kappa shape index (κ2) is 11.1. The summed E-state index contributed by atoms with van der Waals surface area (Å²) >= 11 is 0. The second-order valence-corrected chi connectivity index (χ2v) is 8.79. The number of fused-ring (bicyclic) bond motifs is 1. The first-order valence-electron chi connectivity index (χ1n) is 12.0. The molecule has 1 N–H and O–H groups in total. The van der Waals surface area contributed by atoms with Crippen LogP contribution in [0.25, 0.3) is 11.0 Å². The number of rotatable bonds is 10. The SMILES string of the molecule is CCC(C)N(C(=O)Cn1c(CCNC(=O)c2cccc(C)c2)nc2ccccc21)C(C)CC. The van der Waals surface area contributed by atoms with Crippen LogP contribution >= 0.6 is 0 Å². The Morgan fingerprint density at radius 3 is 2.39 bits per heavy atom. The maximum Gasteiger partial charge on any atom is 0.251 e. The van der Waals surface area contributed by atoms with Crippen molar-refractivity contribution in [3.05, 3.63) is 65.5 Å². The van der Waals surface area contributed by atoms with E-state index >= 15 is 0 Å². The van der Waals surface area contributed by atoms with Gasteiger partial charge in [-0.2, -0.15) is 0 Å². The van der Waals surface area contributed by atoms with Gasteiger partial charge in [-0.15, -0.1) is 0 Å². The van der Waals surface area contributed by atoms with Gasteiger partial charge in [0, 0.05) is 30.6 Å². The smallest absolute Gasteiger partial charge is 0.251 e. The Morgan fingerprint density at radius 2 is 1.73 bits per heavy atom. The maximum absolute atomic E-state index is 13.4. The van der Waals surface area contributed by atoms with Crippen molar-refractivity contribution >= 4 is 22.8 Å². The molecule has 0 saturated heterocycles. The molecule has 6 heteroatoms. The van der Waals surface area contributed by atoms with E-state index in [1.807, 2.05) is 64.9 Å². The van der Waals surface area contributed by atoms with Gasteiger partial charge in [-0.3, -0.25) is 9.59 Å². The second-order valence-electron chi connectivity index (χ2n) is 8.79. The van der Waals surface area contributed by atoms with Gasteiger partial charge >= 0.3 is 0 Å². The molecule has 1 aromatic heterocycles. The Kier molecular flexibility index (Phi) is 8.26. The number of amides is 2. The molecule has 3 aromatic rings. The zero-order valence-corrected chi connectivity index (χ0v) is 20.5. The molecule has 2 unspecified atom stereocenters. The monoisotopic (exact) mass is 448 g/mol. The van der Waals surface area contributed by atoms with Crippen LogP contribution in [0.3, 0.4) is 0 Å². The van der Waals surface area contributed by atoms with Crippen LogP contribution in [0.2, 0.25) is 0 Å². The van der Waals surface area contributed by atoms with Crippen LogP contribution in [0.15, 0.2) is 48.5 Å². The first kappa shape index (κ1) is 24.5. The lowest BCUT2D eigenvalue weighted by Gasteiger charge is -2.34. The topological polar surface area (TPSA) is 67.2 Å². The van der Waals surface area contributed by atoms with E-state index in [2.05, 4.69) is 33.0 Å². The molecule has 0 aliphatic rings. The van der Waals surface area contributed by atoms with Crippen LogP contribution in [-0.2, 0) is 17.8 Å². The molecule has 176 valence electrons. The van der Waals surface area contributed by atoms with E-state index in [1.165, 1.54) is 0 Å². The molecule has 0 radical (unpaired) electrons. The van der Waals surface area contributed by atoms with Gasteiger partial charge in [-0.1, -0.05) is 43.7 Å². The molecule has 0 aliphatic carbocycles. The molecule has 0 saturated carbocycles. The summed E-state index contributed by atoms with van der Waals surface area (Å²) in [6, 6.07) is 15.8. The highest BCUT2D eigenvalue weighted by Gasteiger charge is 2.25. The number of carbonyl (C=O) groups excluding carboxylic acids is 2. The summed E-state index contributed by atoms with van der Waals surface area (Å²) in [4.78, 5) is 32.7. The molecule has 0 bridgehead atoms. The predicted molar refractivity (Wildman–Crippen MR) is 133 cm³/mol. The van der Waals surface area contributed by atoms with Gasteiger partial charge in [-0.25, -0.2) is 4.98 Å². The number of hydrogen-bond acceptors (Lipinski definition) is 3. The molecular weight excluding hydrogens is 412 g/mol. The first-order chi connectivity index (χ1) is 15.8. The molecule has 33 heavy (non-hydrogen) atoms. The molecule has 2 atom stereocenters. The average Bonchev–Trinajstić information content (AvgIpc) is 3.15. The van der Waals surface area contributed by atoms with E-state index in [1.54, 1.807) is 0 Å². The van der Waals surface area contributed by atoms with Crippen molar-refractivity contribution < 1.29 is 9.59 Å². The van der Waals surface area contributed by atoms with Crippen molar-refractivity contribution in [2.45, 2.75) is 72.5 Å². The largest absolute Gasteiger partial charge is 0.352 e. The third-order valence-electron chi connectivity index (χ3n) is 6.36. The van der Waals surface area contributed by atoms with Crippen molar-refractivity contribution in [1.82, 2.24) is 19.8 Å². The number of aryl methyl sites for hydroxylation is 1. The molecule has 0 aliphatic heterocycles. The van der Waals surface area contributed by atoms with Crippen LogP contribution in [-0.4, -0.2) is 44.9 Å². The van der Waals surface area contributed by atoms with E-state index in [0.29, 0.717) is 18.5 Å². The van der Waals surface area contributed by atoms with E-state index in [4.69, 9.17) is 4.98 Å². The zero-order valence-electron chi connectivity index (χ0n) is 20.5. The number of aromatic nitrogens is 2. The molecule has 0 spiro atoms. The third-order valence-corrected chi connectivity index (χ3v) is 6.36. The summed E-state index contributed by atoms with van der Waals surface area (Å²) in [6.07, 6.45) is 2.38. The third kappa shape index (κ3) is 5.81. The lowest BCUT2D eigenvalue weighted by Crippen LogP contribution is -2.46. The Morgan fingerprint density at radius 1 is 1.03 bits per heavy atom. The van der Waals surface area contributed by atoms with Crippen molar-refractivity contribution in [2.75, 3.05) is 6.54 Å². The highest BCUT2D eigenvalue weighted by Crippen LogP contribution is 2.19. The number of carbonyl (C=O) groups is 2. The highest BCUT2D eigenvalue weighted by molar-refractivity contribution is 5.94. The van der Waals surface area contributed by atoms with E-state index in [9.17, 15) is 9.59 Å². The van der Waals surface area contributed by atoms with Gasteiger partial charge in [0.25, 0.3) is 5.91 Å². The lowest BCUT2D eigenvalue weighted by atomic mass is 10.1. The van der Waals surface area contributed by atoms with Gasteiger partial charge in [0.15, 0.2) is 0 Å². The molecule has 2 aromatic carbocycles. The quantitative estimate of drug-likeness (QED) is 0.487. The number of para-hydroxylation sites is 2. The van der Waals surface area contributed by atoms with Gasteiger partial charge in [0.1, 0.15) is 12.4 Å². The van der Waals surface area contributed by atoms with Crippen molar-refractivity contribution in [3.63, 3.8) is 0 Å². The molecule has 6 nitrogen and oxygen atoms in total. The number of nitrogens with zero attached hydrogens (tertiary/aromatic N) is 3. The number of imidazole rings is 1. The number of nitrogens with one attached hydrogen (secondary N) is 1. The summed E-state index contributed by atoms with van der Waals surface area (Å²) in [5, 5.41) is 2.99. The number of benzene rings is 2. The molecule has 2 amide bonds. The van der Waals surface area contributed by atoms with Crippen molar-refractivity contribution in [3.8, 4) is 0 Å². The van der Waals surface area contributed by atoms with Crippen molar-refractivity contribution in [2.24, 2.45) is 0 Å². The molecular formula is C27H36N4O2. The summed E-state index contributed by atoms with van der Waals surface area (Å²) in [5.41, 5.74) is 3.51. The number of hydrogen-bond donors (Lipinski definition) is 1. The van der Waals surface area contributed by atoms with E-state index < -0.39 is 0 Å². The first-order valence-corrected chi connectivity index (χ1v) is 12.0. The fourth-order valence-electron chi connectivity index (χ4n) is 4.21. The summed E-state index contributed by atoms with van der Waals surface area (Å²) in [7, 11) is 0. The van der Waals surface area contributed by atoms with Gasteiger partial charge in [0.2, 0.25) is 5.91 Å². The van der Waals surface area contributed by atoms with Gasteiger partial charge < -0.3 is 14.8 Å². The van der Waals surface area contributed by atoms with Crippen LogP contribution in [0.4, 0.5) is 0 Å². The molecule has 0 fully saturated rings. The summed E-state index contributed by atoms with van der Waals surface area (Å²) in [6.45, 7) is 11.1. The van der Waals surface area contributed by atoms with E-state index in [0.717, 1.165) is 35.3 Å². The Balaban J connectivity index is 1.79.